The Bertz CT molecular complexity index is 4280. The molecular formula is C62H86N14O18S3Si. The van der Waals surface area contributed by atoms with Gasteiger partial charge in [-0.25, -0.2) is 39.5 Å². The molecule has 0 bridgehead atoms. The van der Waals surface area contributed by atoms with Crippen molar-refractivity contribution in [2.24, 2.45) is 5.92 Å². The summed E-state index contributed by atoms with van der Waals surface area (Å²) >= 11 is 4.41. The fraction of sp³-hybridized carbons (Fsp3) is 0.710. The molecule has 0 aliphatic carbocycles. The molecule has 8 aliphatic heterocycles. The quantitative estimate of drug-likeness (QED) is 0.0586. The molecule has 0 radical (unpaired) electrons. The smallest absolute Gasteiger partial charge is 0.330 e. The van der Waals surface area contributed by atoms with Crippen molar-refractivity contribution in [3.05, 3.63) is 89.5 Å². The van der Waals surface area contributed by atoms with Crippen molar-refractivity contribution in [3.63, 3.8) is 0 Å². The molecule has 0 spiro atoms. The zero-order chi connectivity index (χ0) is 69.7. The summed E-state index contributed by atoms with van der Waals surface area (Å²) in [5, 5.41) is 10.2. The molecule has 98 heavy (non-hydrogen) atoms. The number of thioether (sulfide) groups is 3. The molecule has 7 N–H and O–H groups in total. The molecular weight excluding hydrogens is 1350 g/mol. The van der Waals surface area contributed by atoms with Crippen LogP contribution in [0.1, 0.15) is 131 Å². The third kappa shape index (κ3) is 12.7. The van der Waals surface area contributed by atoms with Crippen LogP contribution in [-0.4, -0.2) is 192 Å². The molecule has 0 aromatic carbocycles. The highest BCUT2D eigenvalue weighted by Crippen LogP contribution is 2.51. The van der Waals surface area contributed by atoms with Gasteiger partial charge in [0.05, 0.1) is 48.7 Å². The summed E-state index contributed by atoms with van der Waals surface area (Å²) in [5.41, 5.74) is 12.4. The maximum Gasteiger partial charge on any atom is 0.330 e. The predicted octanol–water partition coefficient (Wildman–Crippen LogP) is 4.45. The minimum atomic E-state index is -2.28. The SMILES string of the molecule is CC(C)C(C)(C)[Si](C)(C)OC[C@H]1O[C@@H](n2c(CSC[C@H]3O[C@@H](n4c(CSC[C@H]5O[C@@H](n6c(CSC[C@H]7O[C@@H](n8c(CO)cc(=O)[nH]c8=O)[C@@H]8OC(C)(C)O[C@@H]87)nc7c(N)ncnc76)[C@@H]6OC(C)(C)O[C@@H]65)cc(=O)[nH]c4=O)[C@@H]4OC(C)(C)O[C@@H]43)nc3c(N)ncnc32)[C@@H]2OC(C)(C)O[C@@H]21. The van der Waals surface area contributed by atoms with Crippen LogP contribution in [0.5, 0.6) is 0 Å². The van der Waals surface area contributed by atoms with E-state index >= 15 is 0 Å². The number of nitrogen functional groups attached to an aromatic ring is 2. The highest BCUT2D eigenvalue weighted by Gasteiger charge is 2.61. The number of aromatic nitrogens is 12. The fourth-order valence-corrected chi connectivity index (χ4v) is 20.0. The standard InChI is InChI=1S/C62H86N14O18S3Si/c1-27(2)58(3,4)98(13,14)82-18-30-40-44(91-59(5,6)87-40)54(83-30)75-34(69-38-48(63)65-25-67-50(38)75)23-97-22-33-42-46(93-61(9,10)89-42)53(85-33)74-29(16-37(79)72-57(74)81)19-95-20-31-43-47(94-62(11,12)90-43)55(86-31)76-35(70-39-49(64)66-26-68-51(39)76)24-96-21-32-41-45(92-60(7,8)88-41)52(84-32)73-28(17-77)15-36(78)71-56(73)80/h15-16,25-27,30-33,40-47,52-55,77H,17-24H2,1-14H3,(H2,63,65,67)(H2,64,66,68)(H,71,78,80)(H,72,79,81)/t30-,31-,32-,33-,40-,41-,42-,43-,44-,45-,46-,47-,52-,53-,54-,55-/m1/s1. The van der Waals surface area contributed by atoms with Gasteiger partial charge in [-0.2, -0.15) is 35.3 Å². The number of aliphatic hydroxyl groups excluding tert-OH is 1. The van der Waals surface area contributed by atoms with Crippen molar-refractivity contribution in [1.82, 2.24) is 58.1 Å². The largest absolute Gasteiger partial charge is 0.414 e. The van der Waals surface area contributed by atoms with Gasteiger partial charge in [-0.05, 0) is 79.4 Å². The molecule has 8 fully saturated rings. The lowest BCUT2D eigenvalue weighted by Gasteiger charge is -2.43. The molecule has 8 saturated heterocycles. The summed E-state index contributed by atoms with van der Waals surface area (Å²) in [6.07, 6.45) is -8.24. The molecule has 32 nitrogen and oxygen atoms in total. The molecule has 14 heterocycles. The van der Waals surface area contributed by atoms with Crippen molar-refractivity contribution in [2.75, 3.05) is 35.3 Å². The van der Waals surface area contributed by atoms with Crippen molar-refractivity contribution >= 4 is 77.6 Å². The Morgan fingerprint density at radius 2 is 0.888 bits per heavy atom. The highest BCUT2D eigenvalue weighted by atomic mass is 32.2. The first-order valence-corrected chi connectivity index (χ1v) is 39.3. The number of nitrogens with one attached hydrogen (secondary N) is 2. The molecule has 6 aromatic rings. The van der Waals surface area contributed by atoms with E-state index in [4.69, 9.17) is 82.7 Å². The van der Waals surface area contributed by atoms with Crippen LogP contribution in [-0.2, 0) is 85.1 Å². The Hall–Kier alpha value is -5.23. The zero-order valence-corrected chi connectivity index (χ0v) is 60.5. The Morgan fingerprint density at radius 1 is 0.541 bits per heavy atom. The number of imidazole rings is 2. The van der Waals surface area contributed by atoms with Gasteiger partial charge in [-0.15, -0.1) is 0 Å². The summed E-state index contributed by atoms with van der Waals surface area (Å²) in [6, 6.07) is 2.54. The molecule has 14 rings (SSSR count). The summed E-state index contributed by atoms with van der Waals surface area (Å²) in [4.78, 5) is 85.7. The van der Waals surface area contributed by atoms with Gasteiger partial charge in [0.1, 0.15) is 79.2 Å². The average molecular weight is 1440 g/mol. The van der Waals surface area contributed by atoms with Crippen molar-refractivity contribution in [3.8, 4) is 0 Å². The van der Waals surface area contributed by atoms with Gasteiger partial charge >= 0.3 is 11.4 Å². The number of ether oxygens (including phenoxy) is 12. The topological polar surface area (TPSA) is 389 Å². The summed E-state index contributed by atoms with van der Waals surface area (Å²) in [6.45, 7) is 27.8. The average Bonchev–Trinajstić information content (AvgIpc) is 1.59. The van der Waals surface area contributed by atoms with Gasteiger partial charge in [-0.1, -0.05) is 27.7 Å². The Labute approximate surface area is 576 Å². The highest BCUT2D eigenvalue weighted by molar-refractivity contribution is 7.99. The van der Waals surface area contributed by atoms with Gasteiger partial charge in [0.25, 0.3) is 11.1 Å². The van der Waals surface area contributed by atoms with E-state index in [-0.39, 0.29) is 33.9 Å². The van der Waals surface area contributed by atoms with Gasteiger partial charge < -0.3 is 77.8 Å². The van der Waals surface area contributed by atoms with Crippen molar-refractivity contribution < 1.29 is 66.4 Å². The molecule has 0 saturated carbocycles. The number of H-pyrrole nitrogens is 2. The van der Waals surface area contributed by atoms with Crippen LogP contribution in [0.2, 0.25) is 18.1 Å². The second-order valence-corrected chi connectivity index (χ2v) is 36.9. The Morgan fingerprint density at radius 3 is 1.29 bits per heavy atom. The lowest BCUT2D eigenvalue weighted by Crippen LogP contribution is -2.47. The van der Waals surface area contributed by atoms with E-state index in [2.05, 4.69) is 70.7 Å². The van der Waals surface area contributed by atoms with E-state index in [9.17, 15) is 24.3 Å². The summed E-state index contributed by atoms with van der Waals surface area (Å²) in [7, 11) is -2.28. The van der Waals surface area contributed by atoms with Gasteiger partial charge in [0, 0.05) is 40.8 Å². The lowest BCUT2D eigenvalue weighted by molar-refractivity contribution is -0.199. The summed E-state index contributed by atoms with van der Waals surface area (Å²) in [5.74, 6) is -0.417. The van der Waals surface area contributed by atoms with E-state index in [0.717, 1.165) is 6.07 Å². The molecule has 0 unspecified atom stereocenters. The number of anilines is 2. The first-order valence-electron chi connectivity index (χ1n) is 32.9. The molecule has 8 aliphatic rings. The number of fused-ring (bicyclic) bond motifs is 6. The van der Waals surface area contributed by atoms with Gasteiger partial charge in [-0.3, -0.25) is 37.8 Å². The van der Waals surface area contributed by atoms with E-state index < -0.39 is 159 Å². The number of hydrogen-bond donors (Lipinski definition) is 5. The van der Waals surface area contributed by atoms with Gasteiger partial charge in [0.2, 0.25) is 0 Å². The van der Waals surface area contributed by atoms with Crippen LogP contribution < -0.4 is 34.0 Å². The molecule has 36 heteroatoms. The second-order valence-electron chi connectivity index (χ2n) is 29.2. The number of nitrogens with two attached hydrogens (primary N) is 2. The van der Waals surface area contributed by atoms with Crippen LogP contribution in [0.15, 0.2) is 44.0 Å². The number of aliphatic hydroxyl groups is 1. The number of nitrogens with zero attached hydrogens (tertiary/aromatic N) is 10. The number of hydrogen-bond acceptors (Lipinski definition) is 29. The molecule has 0 amide bonds. The van der Waals surface area contributed by atoms with Crippen LogP contribution in [0.25, 0.3) is 22.3 Å². The maximum atomic E-state index is 14.3. The number of rotatable bonds is 22. The monoisotopic (exact) mass is 1440 g/mol. The van der Waals surface area contributed by atoms with E-state index in [1.807, 2.05) is 50.7 Å². The van der Waals surface area contributed by atoms with Crippen molar-refractivity contribution in [2.45, 2.75) is 246 Å². The van der Waals surface area contributed by atoms with E-state index in [1.165, 1.54) is 63.1 Å². The fourth-order valence-electron chi connectivity index (χ4n) is 14.6. The zero-order valence-electron chi connectivity index (χ0n) is 57.0. The lowest BCUT2D eigenvalue weighted by atomic mass is 9.99. The molecule has 16 atom stereocenters. The van der Waals surface area contributed by atoms with Crippen LogP contribution in [0.4, 0.5) is 11.6 Å². The maximum absolute atomic E-state index is 14.3. The minimum absolute atomic E-state index is 0.0326. The third-order valence-electron chi connectivity index (χ3n) is 20.1. The van der Waals surface area contributed by atoms with Gasteiger partial charge in [0.15, 0.2) is 90.3 Å². The van der Waals surface area contributed by atoms with Crippen LogP contribution in [0.3, 0.4) is 0 Å². The number of aromatic amines is 2. The normalized spacial score (nSPS) is 32.1. The first-order chi connectivity index (χ1) is 46.2. The molecule has 6 aromatic heterocycles. The van der Waals surface area contributed by atoms with E-state index in [0.29, 0.717) is 75.2 Å². The van der Waals surface area contributed by atoms with Crippen LogP contribution in [0, 0.1) is 5.92 Å². The third-order valence-corrected chi connectivity index (χ3v) is 27.8. The second kappa shape index (κ2) is 25.6. The van der Waals surface area contributed by atoms with E-state index in [1.54, 1.807) is 13.8 Å². The van der Waals surface area contributed by atoms with Crippen molar-refractivity contribution in [1.29, 1.82) is 0 Å². The predicted molar refractivity (Wildman–Crippen MR) is 360 cm³/mol. The van der Waals surface area contributed by atoms with Crippen LogP contribution >= 0.6 is 35.3 Å². The minimum Gasteiger partial charge on any atom is -0.414 e. The summed E-state index contributed by atoms with van der Waals surface area (Å²) < 4.78 is 92.9. The Balaban J connectivity index is 0.678. The Kier molecular flexibility index (Phi) is 18.3. The first kappa shape index (κ1) is 69.8. The molecule has 534 valence electrons.